The van der Waals surface area contributed by atoms with Gasteiger partial charge in [0, 0.05) is 39.1 Å². The van der Waals surface area contributed by atoms with Crippen molar-refractivity contribution in [3.05, 3.63) is 70.8 Å². The van der Waals surface area contributed by atoms with Crippen LogP contribution in [0.3, 0.4) is 0 Å². The molecule has 1 amide bonds. The number of nitrogens with zero attached hydrogens (tertiary/aromatic N) is 2. The van der Waals surface area contributed by atoms with E-state index in [0.717, 1.165) is 12.1 Å². The van der Waals surface area contributed by atoms with Crippen molar-refractivity contribution < 1.29 is 13.6 Å². The molecular weight excluding hydrogens is 386 g/mol. The van der Waals surface area contributed by atoms with Crippen molar-refractivity contribution in [2.75, 3.05) is 19.6 Å². The minimum atomic E-state index is -0.447. The second-order valence-corrected chi connectivity index (χ2v) is 7.30. The summed E-state index contributed by atoms with van der Waals surface area (Å²) < 4.78 is 27.0. The van der Waals surface area contributed by atoms with Crippen LogP contribution < -0.4 is 10.6 Å². The number of halogens is 2. The number of benzene rings is 2. The Morgan fingerprint density at radius 2 is 1.83 bits per heavy atom. The topological polar surface area (TPSA) is 56.7 Å². The number of amides is 1. The van der Waals surface area contributed by atoms with Crippen LogP contribution in [0, 0.1) is 11.6 Å². The number of aliphatic imine (C=N–C) groups is 1. The molecule has 0 saturated carbocycles. The van der Waals surface area contributed by atoms with Gasteiger partial charge < -0.3 is 15.5 Å². The second kappa shape index (κ2) is 10.7. The first-order valence-corrected chi connectivity index (χ1v) is 10.4. The number of fused-ring (bicyclic) bond motifs is 1. The Hall–Kier alpha value is -2.96. The molecule has 0 fully saturated rings. The number of hydrogen-bond acceptors (Lipinski definition) is 2. The van der Waals surface area contributed by atoms with Gasteiger partial charge in [-0.15, -0.1) is 0 Å². The van der Waals surface area contributed by atoms with Crippen LogP contribution in [0.1, 0.15) is 36.5 Å². The minimum absolute atomic E-state index is 0.140. The summed E-state index contributed by atoms with van der Waals surface area (Å²) in [5.41, 5.74) is 2.77. The fraction of sp³-hybridized carbons (Fsp3) is 0.391. The van der Waals surface area contributed by atoms with Crippen LogP contribution in [0.25, 0.3) is 0 Å². The molecular formula is C23H28F2N4O. The maximum Gasteiger partial charge on any atom is 0.223 e. The molecule has 2 aromatic carbocycles. The summed E-state index contributed by atoms with van der Waals surface area (Å²) in [4.78, 5) is 18.8. The van der Waals surface area contributed by atoms with Crippen LogP contribution in [0.15, 0.2) is 47.5 Å². The summed E-state index contributed by atoms with van der Waals surface area (Å²) in [5, 5.41) is 6.25. The highest BCUT2D eigenvalue weighted by molar-refractivity contribution is 5.80. The highest BCUT2D eigenvalue weighted by Crippen LogP contribution is 2.22. The van der Waals surface area contributed by atoms with Gasteiger partial charge in [0.1, 0.15) is 11.6 Å². The van der Waals surface area contributed by atoms with Crippen LogP contribution in [0.5, 0.6) is 0 Å². The smallest absolute Gasteiger partial charge is 0.223 e. The van der Waals surface area contributed by atoms with Crippen LogP contribution in [-0.2, 0) is 24.3 Å². The van der Waals surface area contributed by atoms with Gasteiger partial charge in [-0.25, -0.2) is 8.78 Å². The Bertz CT molecular complexity index is 876. The van der Waals surface area contributed by atoms with Crippen LogP contribution in [-0.4, -0.2) is 36.4 Å². The molecule has 7 heteroatoms. The van der Waals surface area contributed by atoms with Gasteiger partial charge in [-0.3, -0.25) is 9.79 Å². The molecule has 0 bridgehead atoms. The Morgan fingerprint density at radius 3 is 2.53 bits per heavy atom. The predicted octanol–water partition coefficient (Wildman–Crippen LogP) is 3.39. The van der Waals surface area contributed by atoms with Gasteiger partial charge >= 0.3 is 0 Å². The molecule has 0 unspecified atom stereocenters. The lowest BCUT2D eigenvalue weighted by Crippen LogP contribution is -2.38. The van der Waals surface area contributed by atoms with Gasteiger partial charge in [0.2, 0.25) is 5.91 Å². The van der Waals surface area contributed by atoms with Gasteiger partial charge in [-0.05, 0) is 54.7 Å². The highest BCUT2D eigenvalue weighted by atomic mass is 19.1. The van der Waals surface area contributed by atoms with E-state index < -0.39 is 11.6 Å². The molecule has 1 aliphatic heterocycles. The van der Waals surface area contributed by atoms with Crippen molar-refractivity contribution >= 4 is 11.9 Å². The molecule has 0 atom stereocenters. The van der Waals surface area contributed by atoms with Gasteiger partial charge in [0.05, 0.1) is 0 Å². The summed E-state index contributed by atoms with van der Waals surface area (Å²) >= 11 is 0. The Balaban J connectivity index is 1.41. The lowest BCUT2D eigenvalue weighted by atomic mass is 10.1. The van der Waals surface area contributed by atoms with Crippen molar-refractivity contribution in [1.29, 1.82) is 0 Å². The van der Waals surface area contributed by atoms with Crippen molar-refractivity contribution in [1.82, 2.24) is 15.5 Å². The number of guanidine groups is 1. The molecule has 3 rings (SSSR count). The van der Waals surface area contributed by atoms with E-state index in [1.165, 1.54) is 17.2 Å². The van der Waals surface area contributed by atoms with Crippen molar-refractivity contribution in [3.8, 4) is 0 Å². The van der Waals surface area contributed by atoms with Crippen molar-refractivity contribution in [2.24, 2.45) is 4.99 Å². The highest BCUT2D eigenvalue weighted by Gasteiger charge is 2.22. The van der Waals surface area contributed by atoms with E-state index in [1.807, 2.05) is 24.0 Å². The number of rotatable bonds is 8. The average molecular weight is 415 g/mol. The summed E-state index contributed by atoms with van der Waals surface area (Å²) in [6, 6.07) is 11.6. The SMILES string of the molecule is CCNC(=NCCCC(=O)N1Cc2ccccc2C1)NCCc1cc(F)ccc1F. The van der Waals surface area contributed by atoms with E-state index in [9.17, 15) is 13.6 Å². The molecule has 0 radical (unpaired) electrons. The van der Waals surface area contributed by atoms with Gasteiger partial charge in [0.15, 0.2) is 5.96 Å². The van der Waals surface area contributed by atoms with Gasteiger partial charge in [-0.1, -0.05) is 24.3 Å². The predicted molar refractivity (Wildman–Crippen MR) is 114 cm³/mol. The van der Waals surface area contributed by atoms with E-state index in [1.54, 1.807) is 0 Å². The Labute approximate surface area is 176 Å². The molecule has 1 heterocycles. The van der Waals surface area contributed by atoms with E-state index in [2.05, 4.69) is 27.8 Å². The first-order chi connectivity index (χ1) is 14.6. The summed E-state index contributed by atoms with van der Waals surface area (Å²) in [6.07, 6.45) is 1.45. The third-order valence-corrected chi connectivity index (χ3v) is 5.05. The van der Waals surface area contributed by atoms with Gasteiger partial charge in [-0.2, -0.15) is 0 Å². The molecule has 0 saturated heterocycles. The lowest BCUT2D eigenvalue weighted by Gasteiger charge is -2.15. The van der Waals surface area contributed by atoms with E-state index in [0.29, 0.717) is 63.5 Å². The fourth-order valence-corrected chi connectivity index (χ4v) is 3.48. The van der Waals surface area contributed by atoms with E-state index in [-0.39, 0.29) is 5.91 Å². The third-order valence-electron chi connectivity index (χ3n) is 5.05. The zero-order valence-corrected chi connectivity index (χ0v) is 17.3. The first kappa shape index (κ1) is 21.7. The van der Waals surface area contributed by atoms with Gasteiger partial charge in [0.25, 0.3) is 0 Å². The molecule has 1 aliphatic rings. The number of hydrogen-bond donors (Lipinski definition) is 2. The quantitative estimate of drug-likeness (QED) is 0.396. The summed E-state index contributed by atoms with van der Waals surface area (Å²) in [5.74, 6) is -0.114. The minimum Gasteiger partial charge on any atom is -0.357 e. The zero-order chi connectivity index (χ0) is 21.3. The largest absolute Gasteiger partial charge is 0.357 e. The van der Waals surface area contributed by atoms with Crippen LogP contribution in [0.2, 0.25) is 0 Å². The molecule has 2 aromatic rings. The summed E-state index contributed by atoms with van der Waals surface area (Å²) in [6.45, 7) is 4.94. The Morgan fingerprint density at radius 1 is 1.10 bits per heavy atom. The van der Waals surface area contributed by atoms with Crippen LogP contribution >= 0.6 is 0 Å². The average Bonchev–Trinajstić information content (AvgIpc) is 3.18. The second-order valence-electron chi connectivity index (χ2n) is 7.30. The molecule has 5 nitrogen and oxygen atoms in total. The monoisotopic (exact) mass is 414 g/mol. The third kappa shape index (κ3) is 6.02. The van der Waals surface area contributed by atoms with E-state index in [4.69, 9.17) is 0 Å². The molecule has 0 aliphatic carbocycles. The maximum absolute atomic E-state index is 13.7. The molecule has 0 aromatic heterocycles. The number of carbonyl (C=O) groups is 1. The summed E-state index contributed by atoms with van der Waals surface area (Å²) in [7, 11) is 0. The lowest BCUT2D eigenvalue weighted by molar-refractivity contribution is -0.131. The van der Waals surface area contributed by atoms with E-state index >= 15 is 0 Å². The maximum atomic E-state index is 13.7. The molecule has 160 valence electrons. The number of nitrogens with one attached hydrogen (secondary N) is 2. The normalized spacial score (nSPS) is 13.3. The van der Waals surface area contributed by atoms with Crippen LogP contribution in [0.4, 0.5) is 8.78 Å². The molecule has 0 spiro atoms. The molecule has 30 heavy (non-hydrogen) atoms. The standard InChI is InChI=1S/C23H28F2N4O/c1-2-26-23(28-13-11-17-14-20(24)9-10-21(17)25)27-12-5-8-22(30)29-15-18-6-3-4-7-19(18)16-29/h3-4,6-7,9-10,14H,2,5,8,11-13,15-16H2,1H3,(H2,26,27,28). The molecule has 2 N–H and O–H groups in total. The fourth-order valence-electron chi connectivity index (χ4n) is 3.48. The first-order valence-electron chi connectivity index (χ1n) is 10.4. The zero-order valence-electron chi connectivity index (χ0n) is 17.3. The van der Waals surface area contributed by atoms with Crippen molar-refractivity contribution in [3.63, 3.8) is 0 Å². The Kier molecular flexibility index (Phi) is 7.76. The van der Waals surface area contributed by atoms with Crippen molar-refractivity contribution in [2.45, 2.75) is 39.3 Å². The number of carbonyl (C=O) groups excluding carboxylic acids is 1.